The van der Waals surface area contributed by atoms with Gasteiger partial charge in [-0.1, -0.05) is 48.5 Å². The average Bonchev–Trinajstić information content (AvgIpc) is 3.63. The van der Waals surface area contributed by atoms with Gasteiger partial charge < -0.3 is 34.9 Å². The van der Waals surface area contributed by atoms with Crippen molar-refractivity contribution in [3.8, 4) is 0 Å². The van der Waals surface area contributed by atoms with Crippen molar-refractivity contribution in [3.63, 3.8) is 0 Å². The van der Waals surface area contributed by atoms with Crippen LogP contribution in [0.3, 0.4) is 0 Å². The van der Waals surface area contributed by atoms with Gasteiger partial charge in [0.2, 0.25) is 11.8 Å². The van der Waals surface area contributed by atoms with Crippen LogP contribution in [0.5, 0.6) is 0 Å². The fourth-order valence-electron chi connectivity index (χ4n) is 5.24. The molecule has 44 heavy (non-hydrogen) atoms. The molecule has 3 N–H and O–H groups in total. The highest BCUT2D eigenvalue weighted by molar-refractivity contribution is 5.98. The third kappa shape index (κ3) is 8.46. The summed E-state index contributed by atoms with van der Waals surface area (Å²) in [6.07, 6.45) is 5.34. The molecule has 11 heteroatoms. The van der Waals surface area contributed by atoms with Crippen molar-refractivity contribution in [2.24, 2.45) is 0 Å². The summed E-state index contributed by atoms with van der Waals surface area (Å²) in [7, 11) is 0. The highest BCUT2D eigenvalue weighted by atomic mass is 16.6. The van der Waals surface area contributed by atoms with E-state index in [2.05, 4.69) is 25.8 Å². The Labute approximate surface area is 258 Å². The van der Waals surface area contributed by atoms with Crippen LogP contribution >= 0.6 is 0 Å². The van der Waals surface area contributed by atoms with Crippen molar-refractivity contribution in [2.45, 2.75) is 83.1 Å². The fourth-order valence-corrected chi connectivity index (χ4v) is 5.24. The van der Waals surface area contributed by atoms with E-state index in [4.69, 9.17) is 4.74 Å². The number of amides is 3. The van der Waals surface area contributed by atoms with Crippen LogP contribution in [-0.2, 0) is 25.5 Å². The minimum absolute atomic E-state index is 0.0579. The molecule has 4 rings (SSSR count). The maximum Gasteiger partial charge on any atom is 0.408 e. The zero-order valence-electron chi connectivity index (χ0n) is 25.9. The molecule has 0 radical (unpaired) electrons. The zero-order chi connectivity index (χ0) is 31.9. The van der Waals surface area contributed by atoms with Crippen molar-refractivity contribution >= 4 is 35.7 Å². The molecule has 0 saturated carbocycles. The number of carbonyl (C=O) groups is 4. The topological polar surface area (TPSA) is 135 Å². The van der Waals surface area contributed by atoms with Crippen molar-refractivity contribution in [1.29, 1.82) is 0 Å². The molecule has 3 aromatic rings. The van der Waals surface area contributed by atoms with Crippen molar-refractivity contribution in [2.75, 3.05) is 16.8 Å². The lowest BCUT2D eigenvalue weighted by molar-refractivity contribution is -0.130. The van der Waals surface area contributed by atoms with E-state index < -0.39 is 41.1 Å². The number of aldehydes is 1. The highest BCUT2D eigenvalue weighted by Gasteiger charge is 2.35. The van der Waals surface area contributed by atoms with Gasteiger partial charge in [0.05, 0.1) is 12.4 Å². The third-order valence-electron chi connectivity index (χ3n) is 7.40. The van der Waals surface area contributed by atoms with Gasteiger partial charge >= 0.3 is 6.09 Å². The fraction of sp³-hybridized carbons (Fsp3) is 0.424. The Morgan fingerprint density at radius 2 is 1.68 bits per heavy atom. The monoisotopic (exact) mass is 602 g/mol. The second-order valence-corrected chi connectivity index (χ2v) is 12.5. The van der Waals surface area contributed by atoms with Crippen LogP contribution < -0.4 is 20.9 Å². The number of rotatable bonds is 11. The van der Waals surface area contributed by atoms with E-state index in [-0.39, 0.29) is 18.3 Å². The lowest BCUT2D eigenvalue weighted by atomic mass is 10.0. The summed E-state index contributed by atoms with van der Waals surface area (Å²) < 4.78 is 7.02. The number of carbonyl (C=O) groups excluding carboxylic acids is 4. The van der Waals surface area contributed by atoms with Gasteiger partial charge in [-0.25, -0.2) is 9.78 Å². The van der Waals surface area contributed by atoms with Crippen molar-refractivity contribution < 1.29 is 23.9 Å². The number of imidazole rings is 1. The Kier molecular flexibility index (Phi) is 10.1. The molecule has 1 saturated heterocycles. The normalized spacial score (nSPS) is 16.5. The Hall–Kier alpha value is -4.67. The number of benzene rings is 2. The Balaban J connectivity index is 1.48. The van der Waals surface area contributed by atoms with Gasteiger partial charge in [-0.05, 0) is 65.2 Å². The highest BCUT2D eigenvalue weighted by Crippen LogP contribution is 2.31. The van der Waals surface area contributed by atoms with Gasteiger partial charge in [0.1, 0.15) is 29.5 Å². The smallest absolute Gasteiger partial charge is 0.408 e. The summed E-state index contributed by atoms with van der Waals surface area (Å²) in [4.78, 5) is 58.2. The van der Waals surface area contributed by atoms with E-state index in [1.807, 2.05) is 60.7 Å². The maximum atomic E-state index is 13.6. The van der Waals surface area contributed by atoms with E-state index in [9.17, 15) is 19.2 Å². The third-order valence-corrected chi connectivity index (χ3v) is 7.40. The summed E-state index contributed by atoms with van der Waals surface area (Å²) in [6, 6.07) is 17.7. The van der Waals surface area contributed by atoms with Gasteiger partial charge in [0, 0.05) is 24.8 Å². The van der Waals surface area contributed by atoms with Crippen LogP contribution in [-0.4, -0.2) is 63.5 Å². The first-order chi connectivity index (χ1) is 20.9. The lowest BCUT2D eigenvalue weighted by Crippen LogP contribution is -2.59. The van der Waals surface area contributed by atoms with E-state index in [1.54, 1.807) is 31.5 Å². The molecular formula is C33H42N6O5. The van der Waals surface area contributed by atoms with E-state index >= 15 is 0 Å². The molecule has 2 unspecified atom stereocenters. The number of ether oxygens (including phenoxy) is 1. The average molecular weight is 603 g/mol. The predicted molar refractivity (Wildman–Crippen MR) is 168 cm³/mol. The molecule has 11 nitrogen and oxygen atoms in total. The molecule has 2 aromatic carbocycles. The van der Waals surface area contributed by atoms with Crippen LogP contribution in [0.1, 0.15) is 59.1 Å². The minimum atomic E-state index is -1.37. The van der Waals surface area contributed by atoms with Crippen LogP contribution in [0.4, 0.5) is 16.3 Å². The standard InChI is InChI=1S/C33H42N6O5/c1-32(2,3)44-31(43)37-33(4,5)30(42)35-25(19-23-13-8-6-9-14-23)29(41)36-28-20-38(22-34-28)27(21-40)26-17-12-18-39(26)24-15-10-7-11-16-24/h6-11,13-16,20-22,25-27H,12,17-19H2,1-5H3,(H,35,42)(H,36,41)(H,37,43)/t25-,26?,27?/m1/s1. The van der Waals surface area contributed by atoms with Crippen LogP contribution in [0, 0.1) is 0 Å². The molecule has 0 spiro atoms. The van der Waals surface area contributed by atoms with Gasteiger partial charge in [-0.15, -0.1) is 0 Å². The molecule has 1 fully saturated rings. The van der Waals surface area contributed by atoms with Crippen LogP contribution in [0.15, 0.2) is 73.2 Å². The number of nitrogens with zero attached hydrogens (tertiary/aromatic N) is 3. The lowest BCUT2D eigenvalue weighted by Gasteiger charge is -2.31. The summed E-state index contributed by atoms with van der Waals surface area (Å²) in [5.74, 6) is -0.798. The first-order valence-corrected chi connectivity index (χ1v) is 14.8. The summed E-state index contributed by atoms with van der Waals surface area (Å²) in [5.41, 5.74) is -0.225. The van der Waals surface area contributed by atoms with Gasteiger partial charge in [0.25, 0.3) is 0 Å². The molecule has 0 bridgehead atoms. The quantitative estimate of drug-likeness (QED) is 0.279. The molecule has 0 aliphatic carbocycles. The number of aromatic nitrogens is 2. The van der Waals surface area contributed by atoms with Gasteiger partial charge in [-0.3, -0.25) is 9.59 Å². The summed E-state index contributed by atoms with van der Waals surface area (Å²) in [6.45, 7) is 9.10. The predicted octanol–water partition coefficient (Wildman–Crippen LogP) is 4.26. The van der Waals surface area contributed by atoms with E-state index in [1.165, 1.54) is 20.2 Å². The first kappa shape index (κ1) is 32.2. The summed E-state index contributed by atoms with van der Waals surface area (Å²) in [5, 5.41) is 8.16. The largest absolute Gasteiger partial charge is 0.444 e. The zero-order valence-corrected chi connectivity index (χ0v) is 25.9. The first-order valence-electron chi connectivity index (χ1n) is 14.8. The van der Waals surface area contributed by atoms with Crippen LogP contribution in [0.2, 0.25) is 0 Å². The SMILES string of the molecule is CC(C)(C)OC(=O)NC(C)(C)C(=O)N[C@H](Cc1ccccc1)C(=O)Nc1cn(C(C=O)C2CCCN2c2ccccc2)cn1. The van der Waals surface area contributed by atoms with E-state index in [0.29, 0.717) is 0 Å². The van der Waals surface area contributed by atoms with Gasteiger partial charge in [-0.2, -0.15) is 0 Å². The molecule has 1 aliphatic rings. The molecule has 234 valence electrons. The van der Waals surface area contributed by atoms with Crippen LogP contribution in [0.25, 0.3) is 0 Å². The molecule has 3 amide bonds. The minimum Gasteiger partial charge on any atom is -0.444 e. The van der Waals surface area contributed by atoms with Crippen molar-refractivity contribution in [1.82, 2.24) is 20.2 Å². The molecular weight excluding hydrogens is 560 g/mol. The Morgan fingerprint density at radius 3 is 2.32 bits per heavy atom. The Bertz CT molecular complexity index is 1430. The van der Waals surface area contributed by atoms with Gasteiger partial charge in [0.15, 0.2) is 5.82 Å². The number of nitrogens with one attached hydrogen (secondary N) is 3. The number of hydrogen-bond donors (Lipinski definition) is 3. The Morgan fingerprint density at radius 1 is 1.02 bits per heavy atom. The maximum absolute atomic E-state index is 13.6. The number of hydrogen-bond acceptors (Lipinski definition) is 7. The number of para-hydroxylation sites is 1. The molecule has 3 atom stereocenters. The molecule has 2 heterocycles. The second-order valence-electron chi connectivity index (χ2n) is 12.5. The summed E-state index contributed by atoms with van der Waals surface area (Å²) >= 11 is 0. The number of anilines is 2. The molecule has 1 aliphatic heterocycles. The van der Waals surface area contributed by atoms with E-state index in [0.717, 1.165) is 36.9 Å². The molecule has 1 aromatic heterocycles. The number of alkyl carbamates (subject to hydrolysis) is 1. The van der Waals surface area contributed by atoms with Crippen molar-refractivity contribution in [3.05, 3.63) is 78.8 Å². The second kappa shape index (κ2) is 13.7.